The number of nitrogens with one attached hydrogen (secondary N) is 1. The highest BCUT2D eigenvalue weighted by Gasteiger charge is 2.28. The van der Waals surface area contributed by atoms with Crippen molar-refractivity contribution >= 4 is 5.97 Å². The lowest BCUT2D eigenvalue weighted by Gasteiger charge is -2.22. The van der Waals surface area contributed by atoms with Crippen molar-refractivity contribution < 1.29 is 9.90 Å². The second kappa shape index (κ2) is 6.97. The van der Waals surface area contributed by atoms with Crippen LogP contribution in [0.4, 0.5) is 0 Å². The molecule has 2 N–H and O–H groups in total. The molecule has 4 nitrogen and oxygen atoms in total. The smallest absolute Gasteiger partial charge is 0.320 e. The summed E-state index contributed by atoms with van der Waals surface area (Å²) in [4.78, 5) is 13.3. The lowest BCUT2D eigenvalue weighted by Crippen LogP contribution is -2.41. The zero-order chi connectivity index (χ0) is 12.8. The Balaban J connectivity index is 2.22. The molecule has 0 heterocycles. The standard InChI is InChI=1S/C13H26N2O2/c1-4-10(2)9-15(3)8-7-12(13(16)17)14-11-5-6-11/h10-12,14H,4-9H2,1-3H3,(H,16,17). The van der Waals surface area contributed by atoms with Gasteiger partial charge in [-0.1, -0.05) is 20.3 Å². The van der Waals surface area contributed by atoms with Gasteiger partial charge in [0.1, 0.15) is 6.04 Å². The number of aliphatic carboxylic acids is 1. The molecule has 0 amide bonds. The van der Waals surface area contributed by atoms with E-state index in [2.05, 4.69) is 31.1 Å². The number of hydrogen-bond acceptors (Lipinski definition) is 3. The summed E-state index contributed by atoms with van der Waals surface area (Å²) in [6.45, 7) is 6.31. The molecular formula is C13H26N2O2. The second-order valence-electron chi connectivity index (χ2n) is 5.40. The fourth-order valence-electron chi connectivity index (χ4n) is 1.91. The topological polar surface area (TPSA) is 52.6 Å². The summed E-state index contributed by atoms with van der Waals surface area (Å²) in [5, 5.41) is 12.3. The summed E-state index contributed by atoms with van der Waals surface area (Å²) in [6, 6.07) is 0.0813. The van der Waals surface area contributed by atoms with E-state index in [-0.39, 0.29) is 6.04 Å². The van der Waals surface area contributed by atoms with Gasteiger partial charge >= 0.3 is 5.97 Å². The van der Waals surface area contributed by atoms with Crippen molar-refractivity contribution in [2.24, 2.45) is 5.92 Å². The predicted molar refractivity (Wildman–Crippen MR) is 69.2 cm³/mol. The first kappa shape index (κ1) is 14.5. The van der Waals surface area contributed by atoms with E-state index < -0.39 is 5.97 Å². The first-order valence-corrected chi connectivity index (χ1v) is 6.70. The van der Waals surface area contributed by atoms with Gasteiger partial charge in [0, 0.05) is 12.6 Å². The molecule has 0 aromatic carbocycles. The fourth-order valence-corrected chi connectivity index (χ4v) is 1.91. The molecule has 1 aliphatic rings. The highest BCUT2D eigenvalue weighted by Crippen LogP contribution is 2.20. The van der Waals surface area contributed by atoms with E-state index in [9.17, 15) is 4.79 Å². The molecule has 1 saturated carbocycles. The van der Waals surface area contributed by atoms with E-state index in [0.29, 0.717) is 18.4 Å². The summed E-state index contributed by atoms with van der Waals surface area (Å²) in [5.41, 5.74) is 0. The maximum atomic E-state index is 11.1. The number of carbonyl (C=O) groups is 1. The zero-order valence-corrected chi connectivity index (χ0v) is 11.3. The summed E-state index contributed by atoms with van der Waals surface area (Å²) in [7, 11) is 2.07. The average molecular weight is 242 g/mol. The van der Waals surface area contributed by atoms with E-state index in [1.54, 1.807) is 0 Å². The molecule has 0 aromatic heterocycles. The van der Waals surface area contributed by atoms with Crippen LogP contribution in [0.25, 0.3) is 0 Å². The molecule has 0 spiro atoms. The molecule has 2 atom stereocenters. The Morgan fingerprint density at radius 2 is 2.18 bits per heavy atom. The van der Waals surface area contributed by atoms with Gasteiger partial charge in [0.15, 0.2) is 0 Å². The van der Waals surface area contributed by atoms with Crippen LogP contribution in [0.15, 0.2) is 0 Å². The molecule has 0 aromatic rings. The van der Waals surface area contributed by atoms with Gasteiger partial charge in [-0.3, -0.25) is 4.79 Å². The predicted octanol–water partition coefficient (Wildman–Crippen LogP) is 1.56. The van der Waals surface area contributed by atoms with E-state index >= 15 is 0 Å². The van der Waals surface area contributed by atoms with Crippen molar-refractivity contribution in [3.63, 3.8) is 0 Å². The lowest BCUT2D eigenvalue weighted by molar-refractivity contribution is -0.139. The molecule has 0 bridgehead atoms. The Hall–Kier alpha value is -0.610. The molecular weight excluding hydrogens is 216 g/mol. The highest BCUT2D eigenvalue weighted by molar-refractivity contribution is 5.73. The third-order valence-electron chi connectivity index (χ3n) is 3.43. The normalized spacial score (nSPS) is 19.3. The maximum absolute atomic E-state index is 11.1. The van der Waals surface area contributed by atoms with Crippen LogP contribution < -0.4 is 5.32 Å². The van der Waals surface area contributed by atoms with Crippen LogP contribution in [-0.4, -0.2) is 48.2 Å². The average Bonchev–Trinajstić information content (AvgIpc) is 3.07. The summed E-state index contributed by atoms with van der Waals surface area (Å²) in [5.74, 6) is -0.0338. The summed E-state index contributed by atoms with van der Waals surface area (Å²) in [6.07, 6.45) is 4.13. The van der Waals surface area contributed by atoms with Crippen LogP contribution in [0.1, 0.15) is 39.5 Å². The minimum Gasteiger partial charge on any atom is -0.480 e. The Morgan fingerprint density at radius 3 is 2.65 bits per heavy atom. The van der Waals surface area contributed by atoms with Gasteiger partial charge in [-0.2, -0.15) is 0 Å². The fraction of sp³-hybridized carbons (Fsp3) is 0.923. The number of hydrogen-bond donors (Lipinski definition) is 2. The van der Waals surface area contributed by atoms with Crippen molar-refractivity contribution in [2.75, 3.05) is 20.1 Å². The van der Waals surface area contributed by atoms with Crippen molar-refractivity contribution in [1.29, 1.82) is 0 Å². The Morgan fingerprint density at radius 1 is 1.53 bits per heavy atom. The summed E-state index contributed by atoms with van der Waals surface area (Å²) < 4.78 is 0. The van der Waals surface area contributed by atoms with Gasteiger partial charge in [0.2, 0.25) is 0 Å². The van der Waals surface area contributed by atoms with Crippen LogP contribution >= 0.6 is 0 Å². The lowest BCUT2D eigenvalue weighted by atomic mass is 10.1. The van der Waals surface area contributed by atoms with Crippen molar-refractivity contribution in [3.05, 3.63) is 0 Å². The molecule has 0 aliphatic heterocycles. The van der Waals surface area contributed by atoms with Crippen LogP contribution in [0.5, 0.6) is 0 Å². The van der Waals surface area contributed by atoms with Gasteiger partial charge in [0.05, 0.1) is 0 Å². The highest BCUT2D eigenvalue weighted by atomic mass is 16.4. The summed E-state index contributed by atoms with van der Waals surface area (Å²) >= 11 is 0. The zero-order valence-electron chi connectivity index (χ0n) is 11.3. The van der Waals surface area contributed by atoms with Gasteiger partial charge in [-0.25, -0.2) is 0 Å². The maximum Gasteiger partial charge on any atom is 0.320 e. The van der Waals surface area contributed by atoms with Crippen molar-refractivity contribution in [2.45, 2.75) is 51.6 Å². The SMILES string of the molecule is CCC(C)CN(C)CCC(NC1CC1)C(=O)O. The monoisotopic (exact) mass is 242 g/mol. The largest absolute Gasteiger partial charge is 0.480 e. The van der Waals surface area contributed by atoms with E-state index in [1.807, 2.05) is 0 Å². The van der Waals surface area contributed by atoms with Crippen LogP contribution in [0, 0.1) is 5.92 Å². The van der Waals surface area contributed by atoms with Crippen molar-refractivity contribution in [3.8, 4) is 0 Å². The van der Waals surface area contributed by atoms with Crippen LogP contribution in [-0.2, 0) is 4.79 Å². The van der Waals surface area contributed by atoms with Crippen molar-refractivity contribution in [1.82, 2.24) is 10.2 Å². The number of carboxylic acids is 1. The van der Waals surface area contributed by atoms with E-state index in [4.69, 9.17) is 5.11 Å². The molecule has 1 rings (SSSR count). The van der Waals surface area contributed by atoms with Crippen LogP contribution in [0.2, 0.25) is 0 Å². The number of rotatable bonds is 9. The molecule has 0 saturated heterocycles. The molecule has 4 heteroatoms. The second-order valence-corrected chi connectivity index (χ2v) is 5.40. The number of nitrogens with zero attached hydrogens (tertiary/aromatic N) is 1. The molecule has 1 fully saturated rings. The molecule has 0 radical (unpaired) electrons. The number of carboxylic acid groups (broad SMARTS) is 1. The Labute approximate surface area is 104 Å². The molecule has 1 aliphatic carbocycles. The molecule has 17 heavy (non-hydrogen) atoms. The third kappa shape index (κ3) is 6.03. The van der Waals surface area contributed by atoms with Gasteiger partial charge < -0.3 is 15.3 Å². The Bertz CT molecular complexity index is 242. The van der Waals surface area contributed by atoms with Gasteiger partial charge in [-0.05, 0) is 38.8 Å². The minimum atomic E-state index is -0.714. The van der Waals surface area contributed by atoms with Gasteiger partial charge in [-0.15, -0.1) is 0 Å². The first-order valence-electron chi connectivity index (χ1n) is 6.70. The minimum absolute atomic E-state index is 0.373. The van der Waals surface area contributed by atoms with E-state index in [1.165, 1.54) is 6.42 Å². The van der Waals surface area contributed by atoms with E-state index in [0.717, 1.165) is 25.9 Å². The molecule has 100 valence electrons. The third-order valence-corrected chi connectivity index (χ3v) is 3.43. The quantitative estimate of drug-likeness (QED) is 0.644. The molecule has 2 unspecified atom stereocenters. The Kier molecular flexibility index (Phi) is 5.92. The van der Waals surface area contributed by atoms with Gasteiger partial charge in [0.25, 0.3) is 0 Å². The van der Waals surface area contributed by atoms with Crippen LogP contribution in [0.3, 0.4) is 0 Å². The first-order chi connectivity index (χ1) is 8.02.